The Bertz CT molecular complexity index is 1140. The number of hydrogen-bond acceptors (Lipinski definition) is 4. The second-order valence-electron chi connectivity index (χ2n) is 6.03. The van der Waals surface area contributed by atoms with Crippen molar-refractivity contribution in [2.75, 3.05) is 0 Å². The minimum absolute atomic E-state index is 0.0229. The van der Waals surface area contributed by atoms with Crippen molar-refractivity contribution >= 4 is 56.5 Å². The Hall–Kier alpha value is -1.67. The van der Waals surface area contributed by atoms with Crippen LogP contribution in [-0.2, 0) is 14.9 Å². The van der Waals surface area contributed by atoms with E-state index in [1.807, 2.05) is 0 Å². The highest BCUT2D eigenvalue weighted by molar-refractivity contribution is 7.87. The number of halogens is 4. The molecule has 152 valence electrons. The van der Waals surface area contributed by atoms with Gasteiger partial charge in [0.25, 0.3) is 10.1 Å². The summed E-state index contributed by atoms with van der Waals surface area (Å²) in [6.07, 6.45) is 0. The quantitative estimate of drug-likeness (QED) is 0.311. The number of hydrogen-bond donors (Lipinski definition) is 3. The molecule has 3 rings (SSSR count). The van der Waals surface area contributed by atoms with Crippen LogP contribution in [0.4, 0.5) is 0 Å². The van der Waals surface area contributed by atoms with Gasteiger partial charge in [-0.3, -0.25) is 4.55 Å². The Morgan fingerprint density at radius 1 is 0.690 bits per heavy atom. The number of rotatable bonds is 4. The predicted octanol–water partition coefficient (Wildman–Crippen LogP) is 5.89. The number of phenols is 2. The molecule has 3 aromatic carbocycles. The van der Waals surface area contributed by atoms with Gasteiger partial charge in [0.05, 0.1) is 25.7 Å². The van der Waals surface area contributed by atoms with Crippen LogP contribution in [0.2, 0.25) is 20.1 Å². The Kier molecular flexibility index (Phi) is 5.98. The van der Waals surface area contributed by atoms with Gasteiger partial charge in [-0.2, -0.15) is 8.42 Å². The molecule has 10 heteroatoms. The molecular weight excluding hydrogens is 482 g/mol. The van der Waals surface area contributed by atoms with Crippen molar-refractivity contribution in [3.8, 4) is 11.5 Å². The van der Waals surface area contributed by atoms with Crippen LogP contribution in [0.3, 0.4) is 0 Å². The minimum Gasteiger partial charge on any atom is -0.507 e. The Labute approximate surface area is 186 Å². The van der Waals surface area contributed by atoms with Gasteiger partial charge in [-0.15, -0.1) is 0 Å². The average Bonchev–Trinajstić information content (AvgIpc) is 2.63. The molecule has 3 aromatic rings. The van der Waals surface area contributed by atoms with Crippen LogP contribution in [0.15, 0.2) is 54.6 Å². The Morgan fingerprint density at radius 2 is 1.07 bits per heavy atom. The van der Waals surface area contributed by atoms with Crippen molar-refractivity contribution in [2.45, 2.75) is 4.75 Å². The fourth-order valence-electron chi connectivity index (χ4n) is 3.26. The molecule has 0 amide bonds. The first-order valence-electron chi connectivity index (χ1n) is 7.91. The number of benzene rings is 3. The zero-order chi connectivity index (χ0) is 21.6. The van der Waals surface area contributed by atoms with Crippen LogP contribution in [0.25, 0.3) is 0 Å². The monoisotopic (exact) mass is 492 g/mol. The zero-order valence-electron chi connectivity index (χ0n) is 14.3. The van der Waals surface area contributed by atoms with E-state index in [1.165, 1.54) is 42.5 Å². The van der Waals surface area contributed by atoms with E-state index in [4.69, 9.17) is 46.4 Å². The minimum atomic E-state index is -5.22. The molecular formula is C19H12Cl4O5S. The summed E-state index contributed by atoms with van der Waals surface area (Å²) in [6.45, 7) is 0. The van der Waals surface area contributed by atoms with Gasteiger partial charge in [0, 0.05) is 11.1 Å². The van der Waals surface area contributed by atoms with Crippen molar-refractivity contribution < 1.29 is 23.2 Å². The summed E-state index contributed by atoms with van der Waals surface area (Å²) in [4.78, 5) is 0. The standard InChI is InChI=1S/C19H12Cl4O5S/c20-12-6-1-4-10(17(12)22)19(29(26,27)28,11-5-2-7-13(21)18(11)23)16-14(24)8-3-9-15(16)25/h1-9,24-25H,(H,26,27,28). The number of aromatic hydroxyl groups is 2. The second-order valence-corrected chi connectivity index (χ2v) is 9.16. The summed E-state index contributed by atoms with van der Waals surface area (Å²) >= 11 is 24.9. The molecule has 3 N–H and O–H groups in total. The van der Waals surface area contributed by atoms with E-state index in [1.54, 1.807) is 0 Å². The van der Waals surface area contributed by atoms with Crippen LogP contribution in [0, 0.1) is 0 Å². The second kappa shape index (κ2) is 7.87. The van der Waals surface area contributed by atoms with E-state index in [9.17, 15) is 23.2 Å². The highest BCUT2D eigenvalue weighted by Crippen LogP contribution is 2.54. The van der Waals surface area contributed by atoms with Gasteiger partial charge < -0.3 is 10.2 Å². The lowest BCUT2D eigenvalue weighted by molar-refractivity contribution is 0.416. The molecule has 0 aliphatic heterocycles. The van der Waals surface area contributed by atoms with Crippen LogP contribution in [0.1, 0.15) is 16.7 Å². The molecule has 0 bridgehead atoms. The normalized spacial score (nSPS) is 12.2. The van der Waals surface area contributed by atoms with Crippen molar-refractivity contribution in [3.05, 3.63) is 91.4 Å². The maximum Gasteiger partial charge on any atom is 0.283 e. The first-order valence-corrected chi connectivity index (χ1v) is 10.9. The van der Waals surface area contributed by atoms with Crippen LogP contribution >= 0.6 is 46.4 Å². The third kappa shape index (κ3) is 3.44. The lowest BCUT2D eigenvalue weighted by Gasteiger charge is -2.34. The topological polar surface area (TPSA) is 94.8 Å². The third-order valence-electron chi connectivity index (χ3n) is 4.42. The summed E-state index contributed by atoms with van der Waals surface area (Å²) < 4.78 is 33.9. The number of phenolic OH excluding ortho intramolecular Hbond substituents is 2. The Morgan fingerprint density at radius 3 is 1.45 bits per heavy atom. The van der Waals surface area contributed by atoms with Crippen molar-refractivity contribution in [3.63, 3.8) is 0 Å². The molecule has 0 atom stereocenters. The van der Waals surface area contributed by atoms with E-state index < -0.39 is 31.9 Å². The van der Waals surface area contributed by atoms with Crippen molar-refractivity contribution in [2.24, 2.45) is 0 Å². The molecule has 29 heavy (non-hydrogen) atoms. The van der Waals surface area contributed by atoms with Crippen LogP contribution in [-0.4, -0.2) is 23.2 Å². The summed E-state index contributed by atoms with van der Waals surface area (Å²) in [6, 6.07) is 11.8. The van der Waals surface area contributed by atoms with E-state index in [0.29, 0.717) is 0 Å². The molecule has 0 radical (unpaired) electrons. The first-order chi connectivity index (χ1) is 13.5. The maximum atomic E-state index is 13.0. The van der Waals surface area contributed by atoms with Gasteiger partial charge in [-0.1, -0.05) is 76.7 Å². The highest BCUT2D eigenvalue weighted by atomic mass is 35.5. The van der Waals surface area contributed by atoms with Crippen LogP contribution in [0.5, 0.6) is 11.5 Å². The summed E-state index contributed by atoms with van der Waals surface area (Å²) in [7, 11) is -5.22. The van der Waals surface area contributed by atoms with Crippen molar-refractivity contribution in [1.82, 2.24) is 0 Å². The molecule has 0 heterocycles. The molecule has 0 spiro atoms. The SMILES string of the molecule is O=S(=O)(O)C(c1cccc(Cl)c1Cl)(c1cccc(Cl)c1Cl)c1c(O)cccc1O. The smallest absolute Gasteiger partial charge is 0.283 e. The van der Waals surface area contributed by atoms with Gasteiger partial charge in [0.15, 0.2) is 4.75 Å². The van der Waals surface area contributed by atoms with E-state index in [2.05, 4.69) is 0 Å². The van der Waals surface area contributed by atoms with Gasteiger partial charge in [0.1, 0.15) is 11.5 Å². The van der Waals surface area contributed by atoms with Crippen molar-refractivity contribution in [1.29, 1.82) is 0 Å². The first kappa shape index (κ1) is 22.0. The molecule has 0 aromatic heterocycles. The van der Waals surface area contributed by atoms with E-state index in [0.717, 1.165) is 12.1 Å². The van der Waals surface area contributed by atoms with E-state index >= 15 is 0 Å². The lowest BCUT2D eigenvalue weighted by atomic mass is 9.82. The fraction of sp³-hybridized carbons (Fsp3) is 0.0526. The molecule has 0 unspecified atom stereocenters. The van der Waals surface area contributed by atoms with Crippen LogP contribution < -0.4 is 0 Å². The average molecular weight is 494 g/mol. The van der Waals surface area contributed by atoms with E-state index in [-0.39, 0.29) is 31.2 Å². The van der Waals surface area contributed by atoms with Gasteiger partial charge in [-0.25, -0.2) is 0 Å². The molecule has 0 fully saturated rings. The summed E-state index contributed by atoms with van der Waals surface area (Å²) in [5.41, 5.74) is -1.04. The maximum absolute atomic E-state index is 13.0. The lowest BCUT2D eigenvalue weighted by Crippen LogP contribution is -2.39. The molecule has 0 saturated carbocycles. The van der Waals surface area contributed by atoms with Gasteiger partial charge in [0.2, 0.25) is 0 Å². The van der Waals surface area contributed by atoms with Gasteiger partial charge >= 0.3 is 0 Å². The summed E-state index contributed by atoms with van der Waals surface area (Å²) in [5, 5.41) is 20.6. The fourth-order valence-corrected chi connectivity index (χ4v) is 5.62. The highest BCUT2D eigenvalue weighted by Gasteiger charge is 2.54. The molecule has 0 aliphatic carbocycles. The zero-order valence-corrected chi connectivity index (χ0v) is 18.1. The molecule has 0 saturated heterocycles. The summed E-state index contributed by atoms with van der Waals surface area (Å²) in [5.74, 6) is -1.26. The Balaban J connectivity index is 2.70. The third-order valence-corrected chi connectivity index (χ3v) is 7.48. The molecule has 0 aliphatic rings. The largest absolute Gasteiger partial charge is 0.507 e. The predicted molar refractivity (Wildman–Crippen MR) is 114 cm³/mol. The van der Waals surface area contributed by atoms with Gasteiger partial charge in [-0.05, 0) is 24.3 Å². The molecule has 5 nitrogen and oxygen atoms in total.